The van der Waals surface area contributed by atoms with E-state index in [1.807, 2.05) is 12.1 Å². The van der Waals surface area contributed by atoms with E-state index < -0.39 is 0 Å². The second-order valence-electron chi connectivity index (χ2n) is 4.89. The molecule has 1 N–H and O–H groups in total. The van der Waals surface area contributed by atoms with Crippen LogP contribution in [0.2, 0.25) is 0 Å². The standard InChI is InChI=1S/C15H24O/c1-4-13(5-2)10-12(3)11-14-6-8-15(16)9-7-14/h6-9,12-13,16H,4-5,10-11H2,1-3H3. The summed E-state index contributed by atoms with van der Waals surface area (Å²) in [5.41, 5.74) is 1.33. The highest BCUT2D eigenvalue weighted by Crippen LogP contribution is 2.22. The summed E-state index contributed by atoms with van der Waals surface area (Å²) >= 11 is 0. The maximum Gasteiger partial charge on any atom is 0.115 e. The molecule has 0 bridgehead atoms. The van der Waals surface area contributed by atoms with Crippen molar-refractivity contribution in [2.75, 3.05) is 0 Å². The molecule has 0 spiro atoms. The molecule has 1 rings (SSSR count). The van der Waals surface area contributed by atoms with Crippen molar-refractivity contribution in [2.45, 2.75) is 46.5 Å². The Morgan fingerprint density at radius 2 is 1.62 bits per heavy atom. The molecule has 0 saturated heterocycles. The lowest BCUT2D eigenvalue weighted by Crippen LogP contribution is -2.07. The fourth-order valence-corrected chi connectivity index (χ4v) is 2.31. The molecule has 0 aliphatic heterocycles. The van der Waals surface area contributed by atoms with E-state index in [0.29, 0.717) is 5.75 Å². The van der Waals surface area contributed by atoms with Crippen molar-refractivity contribution >= 4 is 0 Å². The quantitative estimate of drug-likeness (QED) is 0.753. The number of benzene rings is 1. The van der Waals surface area contributed by atoms with Crippen molar-refractivity contribution in [3.63, 3.8) is 0 Å². The molecule has 1 aromatic carbocycles. The molecule has 90 valence electrons. The van der Waals surface area contributed by atoms with Crippen LogP contribution in [0.25, 0.3) is 0 Å². The molecule has 0 heterocycles. The van der Waals surface area contributed by atoms with Crippen LogP contribution in [0.1, 0.15) is 45.6 Å². The molecule has 0 radical (unpaired) electrons. The Morgan fingerprint density at radius 3 is 2.12 bits per heavy atom. The van der Waals surface area contributed by atoms with Crippen molar-refractivity contribution in [3.05, 3.63) is 29.8 Å². The Balaban J connectivity index is 2.44. The highest BCUT2D eigenvalue weighted by atomic mass is 16.3. The molecule has 16 heavy (non-hydrogen) atoms. The summed E-state index contributed by atoms with van der Waals surface area (Å²) in [4.78, 5) is 0. The number of hydrogen-bond donors (Lipinski definition) is 1. The third kappa shape index (κ3) is 4.26. The highest BCUT2D eigenvalue weighted by molar-refractivity contribution is 5.26. The first-order chi connectivity index (χ1) is 7.65. The zero-order chi connectivity index (χ0) is 12.0. The van der Waals surface area contributed by atoms with Gasteiger partial charge in [-0.1, -0.05) is 45.7 Å². The zero-order valence-corrected chi connectivity index (χ0v) is 10.7. The summed E-state index contributed by atoms with van der Waals surface area (Å²) in [5, 5.41) is 9.21. The molecule has 1 atom stereocenters. The SMILES string of the molecule is CCC(CC)CC(C)Cc1ccc(O)cc1. The minimum absolute atomic E-state index is 0.358. The fourth-order valence-electron chi connectivity index (χ4n) is 2.31. The Kier molecular flexibility index (Phi) is 5.37. The van der Waals surface area contributed by atoms with Gasteiger partial charge in [0.05, 0.1) is 0 Å². The Bertz CT molecular complexity index is 285. The molecule has 0 fully saturated rings. The molecule has 0 amide bonds. The molecule has 1 heteroatoms. The molecule has 1 unspecified atom stereocenters. The van der Waals surface area contributed by atoms with Gasteiger partial charge in [-0.05, 0) is 42.4 Å². The highest BCUT2D eigenvalue weighted by Gasteiger charge is 2.10. The Morgan fingerprint density at radius 1 is 1.06 bits per heavy atom. The van der Waals surface area contributed by atoms with Gasteiger partial charge in [0.2, 0.25) is 0 Å². The van der Waals surface area contributed by atoms with Gasteiger partial charge in [0.15, 0.2) is 0 Å². The normalized spacial score (nSPS) is 13.0. The predicted octanol–water partition coefficient (Wildman–Crippen LogP) is 4.40. The largest absolute Gasteiger partial charge is 0.508 e. The topological polar surface area (TPSA) is 20.2 Å². The van der Waals surface area contributed by atoms with Crippen LogP contribution in [0.15, 0.2) is 24.3 Å². The lowest BCUT2D eigenvalue weighted by atomic mass is 9.88. The van der Waals surface area contributed by atoms with Crippen LogP contribution in [0.3, 0.4) is 0 Å². The zero-order valence-electron chi connectivity index (χ0n) is 10.7. The van der Waals surface area contributed by atoms with E-state index >= 15 is 0 Å². The second kappa shape index (κ2) is 6.57. The summed E-state index contributed by atoms with van der Waals surface area (Å²) < 4.78 is 0. The van der Waals surface area contributed by atoms with Gasteiger partial charge in [-0.25, -0.2) is 0 Å². The van der Waals surface area contributed by atoms with Crippen LogP contribution in [-0.2, 0) is 6.42 Å². The van der Waals surface area contributed by atoms with Gasteiger partial charge in [0, 0.05) is 0 Å². The van der Waals surface area contributed by atoms with Crippen LogP contribution in [0, 0.1) is 11.8 Å². The average Bonchev–Trinajstić information content (AvgIpc) is 2.29. The lowest BCUT2D eigenvalue weighted by molar-refractivity contribution is 0.369. The smallest absolute Gasteiger partial charge is 0.115 e. The minimum atomic E-state index is 0.358. The summed E-state index contributed by atoms with van der Waals surface area (Å²) in [5.74, 6) is 1.96. The summed E-state index contributed by atoms with van der Waals surface area (Å²) in [6, 6.07) is 7.61. The van der Waals surface area contributed by atoms with E-state index in [0.717, 1.165) is 18.3 Å². The molecule has 1 aromatic rings. The monoisotopic (exact) mass is 220 g/mol. The summed E-state index contributed by atoms with van der Waals surface area (Å²) in [6.07, 6.45) is 5.01. The van der Waals surface area contributed by atoms with Crippen LogP contribution in [0.4, 0.5) is 0 Å². The summed E-state index contributed by atoms with van der Waals surface area (Å²) in [7, 11) is 0. The first-order valence-corrected chi connectivity index (χ1v) is 6.43. The van der Waals surface area contributed by atoms with Crippen LogP contribution >= 0.6 is 0 Å². The molecule has 0 aliphatic carbocycles. The van der Waals surface area contributed by atoms with E-state index in [1.165, 1.54) is 24.8 Å². The minimum Gasteiger partial charge on any atom is -0.508 e. The van der Waals surface area contributed by atoms with Gasteiger partial charge in [0.25, 0.3) is 0 Å². The molecule has 0 aliphatic rings. The van der Waals surface area contributed by atoms with Crippen molar-refractivity contribution in [1.29, 1.82) is 0 Å². The average molecular weight is 220 g/mol. The van der Waals surface area contributed by atoms with Crippen LogP contribution in [-0.4, -0.2) is 5.11 Å². The van der Waals surface area contributed by atoms with E-state index in [-0.39, 0.29) is 0 Å². The third-order valence-electron chi connectivity index (χ3n) is 3.41. The Labute approximate surface area is 99.5 Å². The van der Waals surface area contributed by atoms with E-state index in [2.05, 4.69) is 20.8 Å². The van der Waals surface area contributed by atoms with E-state index in [4.69, 9.17) is 0 Å². The van der Waals surface area contributed by atoms with Crippen molar-refractivity contribution in [1.82, 2.24) is 0 Å². The van der Waals surface area contributed by atoms with Gasteiger partial charge in [-0.15, -0.1) is 0 Å². The van der Waals surface area contributed by atoms with Gasteiger partial charge in [0.1, 0.15) is 5.75 Å². The number of phenolic OH excluding ortho intramolecular Hbond substituents is 1. The molecule has 0 saturated carbocycles. The molecular weight excluding hydrogens is 196 g/mol. The van der Waals surface area contributed by atoms with Gasteiger partial charge >= 0.3 is 0 Å². The van der Waals surface area contributed by atoms with Crippen molar-refractivity contribution in [2.24, 2.45) is 11.8 Å². The van der Waals surface area contributed by atoms with Crippen molar-refractivity contribution in [3.8, 4) is 5.75 Å². The first kappa shape index (κ1) is 13.1. The van der Waals surface area contributed by atoms with E-state index in [1.54, 1.807) is 12.1 Å². The maximum absolute atomic E-state index is 9.21. The number of aromatic hydroxyl groups is 1. The van der Waals surface area contributed by atoms with Gasteiger partial charge in [-0.2, -0.15) is 0 Å². The molecule has 1 nitrogen and oxygen atoms in total. The fraction of sp³-hybridized carbons (Fsp3) is 0.600. The second-order valence-corrected chi connectivity index (χ2v) is 4.89. The number of phenols is 1. The predicted molar refractivity (Wildman–Crippen MR) is 69.7 cm³/mol. The number of rotatable bonds is 6. The molecular formula is C15H24O. The van der Waals surface area contributed by atoms with Crippen LogP contribution < -0.4 is 0 Å². The van der Waals surface area contributed by atoms with Gasteiger partial charge in [-0.3, -0.25) is 0 Å². The van der Waals surface area contributed by atoms with Crippen molar-refractivity contribution < 1.29 is 5.11 Å². The third-order valence-corrected chi connectivity index (χ3v) is 3.41. The Hall–Kier alpha value is -0.980. The lowest BCUT2D eigenvalue weighted by Gasteiger charge is -2.18. The van der Waals surface area contributed by atoms with E-state index in [9.17, 15) is 5.11 Å². The first-order valence-electron chi connectivity index (χ1n) is 6.43. The van der Waals surface area contributed by atoms with Crippen LogP contribution in [0.5, 0.6) is 5.75 Å². The maximum atomic E-state index is 9.21. The molecule has 0 aromatic heterocycles. The number of hydrogen-bond acceptors (Lipinski definition) is 1. The van der Waals surface area contributed by atoms with Gasteiger partial charge < -0.3 is 5.11 Å². The summed E-state index contributed by atoms with van der Waals surface area (Å²) in [6.45, 7) is 6.88.